The molecule has 1 fully saturated rings. The molecule has 1 heterocycles. The highest BCUT2D eigenvalue weighted by Gasteiger charge is 2.39. The molecule has 1 aromatic rings. The van der Waals surface area contributed by atoms with Crippen LogP contribution in [-0.2, 0) is 9.59 Å². The van der Waals surface area contributed by atoms with Crippen molar-refractivity contribution in [3.05, 3.63) is 35.4 Å². The fraction of sp³-hybridized carbons (Fsp3) is 0.500. The van der Waals surface area contributed by atoms with Crippen LogP contribution in [0.5, 0.6) is 0 Å². The fourth-order valence-electron chi connectivity index (χ4n) is 2.85. The van der Waals surface area contributed by atoms with Crippen LogP contribution in [0.2, 0.25) is 0 Å². The Morgan fingerprint density at radius 3 is 2.40 bits per heavy atom. The first-order chi connectivity index (χ1) is 9.41. The molecule has 2 rings (SSSR count). The van der Waals surface area contributed by atoms with E-state index in [4.69, 9.17) is 0 Å². The minimum atomic E-state index is -0.160. The van der Waals surface area contributed by atoms with Gasteiger partial charge in [-0.2, -0.15) is 0 Å². The van der Waals surface area contributed by atoms with E-state index in [-0.39, 0.29) is 23.8 Å². The van der Waals surface area contributed by atoms with E-state index >= 15 is 0 Å². The average Bonchev–Trinajstić information content (AvgIpc) is 2.42. The molecule has 0 spiro atoms. The Labute approximate surface area is 120 Å². The van der Waals surface area contributed by atoms with Gasteiger partial charge < -0.3 is 9.80 Å². The molecular formula is C16H22N2O2. The molecule has 1 aromatic carbocycles. The lowest BCUT2D eigenvalue weighted by Gasteiger charge is -2.39. The van der Waals surface area contributed by atoms with Gasteiger partial charge in [0.15, 0.2) is 0 Å². The number of nitrogens with zero attached hydrogens (tertiary/aromatic N) is 2. The Morgan fingerprint density at radius 2 is 1.85 bits per heavy atom. The molecule has 0 bridgehead atoms. The number of hydrogen-bond donors (Lipinski definition) is 0. The van der Waals surface area contributed by atoms with Gasteiger partial charge in [0.25, 0.3) is 0 Å². The third kappa shape index (κ3) is 2.69. The smallest absolute Gasteiger partial charge is 0.227 e. The van der Waals surface area contributed by atoms with Gasteiger partial charge in [-0.3, -0.25) is 9.59 Å². The Kier molecular flexibility index (Phi) is 4.12. The Bertz CT molecular complexity index is 508. The molecule has 1 aliphatic rings. The van der Waals surface area contributed by atoms with Gasteiger partial charge in [0.05, 0.1) is 12.0 Å². The first-order valence-electron chi connectivity index (χ1n) is 6.95. The summed E-state index contributed by atoms with van der Waals surface area (Å²) in [4.78, 5) is 27.7. The summed E-state index contributed by atoms with van der Waals surface area (Å²) in [5.41, 5.74) is 2.21. The van der Waals surface area contributed by atoms with Gasteiger partial charge in [-0.05, 0) is 18.9 Å². The lowest BCUT2D eigenvalue weighted by molar-refractivity contribution is -0.145. The Balaban J connectivity index is 2.37. The summed E-state index contributed by atoms with van der Waals surface area (Å²) in [6.07, 6.45) is 1.07. The predicted octanol–water partition coefficient (Wildman–Crippen LogP) is 1.99. The SMILES string of the molecule is Cc1ccc([C@@H]2[C@@H](C(=O)N(C)C)CCC(=O)N2C)cc1. The molecule has 2 amide bonds. The van der Waals surface area contributed by atoms with Crippen molar-refractivity contribution in [3.63, 3.8) is 0 Å². The Hall–Kier alpha value is -1.84. The van der Waals surface area contributed by atoms with E-state index < -0.39 is 0 Å². The molecule has 4 nitrogen and oxygen atoms in total. The third-order valence-corrected chi connectivity index (χ3v) is 4.04. The van der Waals surface area contributed by atoms with Crippen LogP contribution in [0.1, 0.15) is 30.0 Å². The molecule has 1 aliphatic heterocycles. The van der Waals surface area contributed by atoms with Crippen LogP contribution in [0.25, 0.3) is 0 Å². The third-order valence-electron chi connectivity index (χ3n) is 4.04. The molecule has 0 aromatic heterocycles. The van der Waals surface area contributed by atoms with E-state index in [1.165, 1.54) is 5.56 Å². The summed E-state index contributed by atoms with van der Waals surface area (Å²) in [6, 6.07) is 7.93. The molecular weight excluding hydrogens is 252 g/mol. The molecule has 20 heavy (non-hydrogen) atoms. The molecule has 1 saturated heterocycles. The highest BCUT2D eigenvalue weighted by molar-refractivity contribution is 5.84. The second-order valence-corrected chi connectivity index (χ2v) is 5.74. The second-order valence-electron chi connectivity index (χ2n) is 5.74. The predicted molar refractivity (Wildman–Crippen MR) is 78.1 cm³/mol. The summed E-state index contributed by atoms with van der Waals surface area (Å²) in [5.74, 6) is 0.0451. The summed E-state index contributed by atoms with van der Waals surface area (Å²) >= 11 is 0. The standard InChI is InChI=1S/C16H22N2O2/c1-11-5-7-12(8-6-11)15-13(16(20)17(2)3)9-10-14(19)18(15)4/h5-8,13,15H,9-10H2,1-4H3/t13-,15+/m0/s1. The molecule has 0 aliphatic carbocycles. The zero-order chi connectivity index (χ0) is 14.9. The minimum absolute atomic E-state index is 0.0925. The summed E-state index contributed by atoms with van der Waals surface area (Å²) in [7, 11) is 5.33. The van der Waals surface area contributed by atoms with Gasteiger partial charge >= 0.3 is 0 Å². The van der Waals surface area contributed by atoms with E-state index in [1.54, 1.807) is 30.9 Å². The number of hydrogen-bond acceptors (Lipinski definition) is 2. The highest BCUT2D eigenvalue weighted by Crippen LogP contribution is 2.36. The molecule has 0 radical (unpaired) electrons. The van der Waals surface area contributed by atoms with Crippen LogP contribution >= 0.6 is 0 Å². The fourth-order valence-corrected chi connectivity index (χ4v) is 2.85. The van der Waals surface area contributed by atoms with E-state index in [0.29, 0.717) is 12.8 Å². The normalized spacial score (nSPS) is 22.8. The number of aryl methyl sites for hydroxylation is 1. The first kappa shape index (κ1) is 14.6. The topological polar surface area (TPSA) is 40.6 Å². The number of carbonyl (C=O) groups excluding carboxylic acids is 2. The van der Waals surface area contributed by atoms with Gasteiger partial charge in [0.1, 0.15) is 0 Å². The summed E-state index contributed by atoms with van der Waals surface area (Å²) < 4.78 is 0. The number of amides is 2. The molecule has 0 unspecified atom stereocenters. The van der Waals surface area contributed by atoms with Gasteiger partial charge in [-0.15, -0.1) is 0 Å². The van der Waals surface area contributed by atoms with E-state index in [2.05, 4.69) is 0 Å². The van der Waals surface area contributed by atoms with Crippen LogP contribution in [0.15, 0.2) is 24.3 Å². The van der Waals surface area contributed by atoms with Crippen molar-refractivity contribution in [2.75, 3.05) is 21.1 Å². The van der Waals surface area contributed by atoms with Gasteiger partial charge in [0, 0.05) is 27.6 Å². The number of likely N-dealkylation sites (tertiary alicyclic amines) is 1. The van der Waals surface area contributed by atoms with Crippen molar-refractivity contribution >= 4 is 11.8 Å². The molecule has 2 atom stereocenters. The van der Waals surface area contributed by atoms with Crippen molar-refractivity contribution in [1.82, 2.24) is 9.80 Å². The maximum Gasteiger partial charge on any atom is 0.227 e. The zero-order valence-electron chi connectivity index (χ0n) is 12.6. The summed E-state index contributed by atoms with van der Waals surface area (Å²) in [5, 5.41) is 0. The molecule has 0 N–H and O–H groups in total. The summed E-state index contributed by atoms with van der Waals surface area (Å²) in [6.45, 7) is 2.03. The van der Waals surface area contributed by atoms with Gasteiger partial charge in [-0.25, -0.2) is 0 Å². The molecule has 108 valence electrons. The Morgan fingerprint density at radius 1 is 1.25 bits per heavy atom. The highest BCUT2D eigenvalue weighted by atomic mass is 16.2. The van der Waals surface area contributed by atoms with Crippen LogP contribution in [0, 0.1) is 12.8 Å². The van der Waals surface area contributed by atoms with Crippen LogP contribution < -0.4 is 0 Å². The lowest BCUT2D eigenvalue weighted by atomic mass is 9.83. The number of carbonyl (C=O) groups is 2. The largest absolute Gasteiger partial charge is 0.349 e. The van der Waals surface area contributed by atoms with E-state index in [0.717, 1.165) is 5.56 Å². The van der Waals surface area contributed by atoms with Gasteiger partial charge in [0.2, 0.25) is 11.8 Å². The van der Waals surface area contributed by atoms with Crippen molar-refractivity contribution in [1.29, 1.82) is 0 Å². The van der Waals surface area contributed by atoms with Crippen LogP contribution in [-0.4, -0.2) is 42.8 Å². The maximum absolute atomic E-state index is 12.4. The van der Waals surface area contributed by atoms with Crippen molar-refractivity contribution in [3.8, 4) is 0 Å². The average molecular weight is 274 g/mol. The number of benzene rings is 1. The van der Waals surface area contributed by atoms with Crippen molar-refractivity contribution < 1.29 is 9.59 Å². The van der Waals surface area contributed by atoms with E-state index in [9.17, 15) is 9.59 Å². The van der Waals surface area contributed by atoms with Gasteiger partial charge in [-0.1, -0.05) is 29.8 Å². The second kappa shape index (κ2) is 5.65. The van der Waals surface area contributed by atoms with Crippen LogP contribution in [0.4, 0.5) is 0 Å². The van der Waals surface area contributed by atoms with Crippen LogP contribution in [0.3, 0.4) is 0 Å². The quantitative estimate of drug-likeness (QED) is 0.827. The minimum Gasteiger partial charge on any atom is -0.349 e. The van der Waals surface area contributed by atoms with E-state index in [1.807, 2.05) is 31.2 Å². The zero-order valence-corrected chi connectivity index (χ0v) is 12.6. The van der Waals surface area contributed by atoms with Crippen molar-refractivity contribution in [2.45, 2.75) is 25.8 Å². The molecule has 4 heteroatoms. The monoisotopic (exact) mass is 274 g/mol. The number of rotatable bonds is 2. The lowest BCUT2D eigenvalue weighted by Crippen LogP contribution is -2.46. The number of piperidine rings is 1. The first-order valence-corrected chi connectivity index (χ1v) is 6.95. The van der Waals surface area contributed by atoms with Crippen molar-refractivity contribution in [2.24, 2.45) is 5.92 Å². The molecule has 0 saturated carbocycles. The maximum atomic E-state index is 12.4.